The molecule has 1 heterocycles. The van der Waals surface area contributed by atoms with Crippen LogP contribution in [0.25, 0.3) is 0 Å². The molecule has 0 fully saturated rings. The van der Waals surface area contributed by atoms with Gasteiger partial charge in [-0.1, -0.05) is 18.2 Å². The van der Waals surface area contributed by atoms with Gasteiger partial charge in [0.15, 0.2) is 11.5 Å². The molecule has 0 bridgehead atoms. The lowest BCUT2D eigenvalue weighted by Crippen LogP contribution is -2.17. The first kappa shape index (κ1) is 13.9. The van der Waals surface area contributed by atoms with Crippen LogP contribution in [-0.4, -0.2) is 13.2 Å². The highest BCUT2D eigenvalue weighted by Crippen LogP contribution is 2.33. The zero-order valence-corrected chi connectivity index (χ0v) is 11.7. The number of halogens is 1. The van der Waals surface area contributed by atoms with Gasteiger partial charge >= 0.3 is 0 Å². The number of hydrogen-bond donors (Lipinski definition) is 1. The Hall–Kier alpha value is -2.07. The van der Waals surface area contributed by atoms with Crippen molar-refractivity contribution >= 4 is 0 Å². The lowest BCUT2D eigenvalue weighted by molar-refractivity contribution is 0.171. The molecule has 2 aromatic carbocycles. The van der Waals surface area contributed by atoms with Crippen molar-refractivity contribution in [2.45, 2.75) is 18.9 Å². The van der Waals surface area contributed by atoms with Crippen molar-refractivity contribution in [1.29, 1.82) is 0 Å². The molecular weight excluding hydrogens is 269 g/mol. The second kappa shape index (κ2) is 6.14. The Morgan fingerprint density at radius 3 is 2.48 bits per heavy atom. The molecule has 0 amide bonds. The summed E-state index contributed by atoms with van der Waals surface area (Å²) in [5, 5.41) is 0. The van der Waals surface area contributed by atoms with Crippen molar-refractivity contribution in [3.8, 4) is 11.5 Å². The maximum Gasteiger partial charge on any atom is 0.161 e. The first-order chi connectivity index (χ1) is 10.2. The third kappa shape index (κ3) is 3.34. The van der Waals surface area contributed by atoms with E-state index in [-0.39, 0.29) is 11.9 Å². The standard InChI is InChI=1S/C17H18FNO2/c18-14-5-1-12(2-6-14)3-7-15(19)13-4-8-16-17(11-13)21-10-9-20-16/h1-2,4-6,8,11,15H,3,7,9-10,19H2/t15-/m0/s1. The van der Waals surface area contributed by atoms with Gasteiger partial charge in [0, 0.05) is 6.04 Å². The second-order valence-electron chi connectivity index (χ2n) is 5.17. The summed E-state index contributed by atoms with van der Waals surface area (Å²) in [5.41, 5.74) is 8.35. The first-order valence-electron chi connectivity index (χ1n) is 7.12. The van der Waals surface area contributed by atoms with Gasteiger partial charge in [-0.05, 0) is 48.2 Å². The Balaban J connectivity index is 1.65. The van der Waals surface area contributed by atoms with Crippen LogP contribution in [-0.2, 0) is 6.42 Å². The summed E-state index contributed by atoms with van der Waals surface area (Å²) < 4.78 is 23.9. The fourth-order valence-electron chi connectivity index (χ4n) is 2.43. The number of nitrogens with two attached hydrogens (primary N) is 1. The smallest absolute Gasteiger partial charge is 0.161 e. The number of rotatable bonds is 4. The summed E-state index contributed by atoms with van der Waals surface area (Å²) in [5.74, 6) is 1.32. The predicted molar refractivity (Wildman–Crippen MR) is 79.1 cm³/mol. The van der Waals surface area contributed by atoms with Gasteiger partial charge in [-0.2, -0.15) is 0 Å². The van der Waals surface area contributed by atoms with Crippen LogP contribution in [0.1, 0.15) is 23.6 Å². The van der Waals surface area contributed by atoms with E-state index in [2.05, 4.69) is 0 Å². The van der Waals surface area contributed by atoms with Crippen LogP contribution in [0.5, 0.6) is 11.5 Å². The third-order valence-corrected chi connectivity index (χ3v) is 3.65. The van der Waals surface area contributed by atoms with Gasteiger partial charge in [-0.25, -0.2) is 4.39 Å². The average molecular weight is 287 g/mol. The normalized spacial score (nSPS) is 14.8. The summed E-state index contributed by atoms with van der Waals surface area (Å²) >= 11 is 0. The monoisotopic (exact) mass is 287 g/mol. The van der Waals surface area contributed by atoms with E-state index in [1.165, 1.54) is 12.1 Å². The number of aryl methyl sites for hydroxylation is 1. The maximum absolute atomic E-state index is 12.9. The number of ether oxygens (including phenoxy) is 2. The van der Waals surface area contributed by atoms with Gasteiger partial charge in [0.2, 0.25) is 0 Å². The molecule has 110 valence electrons. The fraction of sp³-hybridized carbons (Fsp3) is 0.294. The minimum Gasteiger partial charge on any atom is -0.486 e. The quantitative estimate of drug-likeness (QED) is 0.939. The predicted octanol–water partition coefficient (Wildman–Crippen LogP) is 3.23. The molecule has 2 aromatic rings. The molecular formula is C17H18FNO2. The van der Waals surface area contributed by atoms with E-state index in [1.54, 1.807) is 12.1 Å². The Kier molecular flexibility index (Phi) is 4.06. The van der Waals surface area contributed by atoms with Crippen LogP contribution in [0.3, 0.4) is 0 Å². The molecule has 1 aliphatic rings. The molecule has 1 atom stereocenters. The molecule has 0 saturated heterocycles. The van der Waals surface area contributed by atoms with E-state index >= 15 is 0 Å². The molecule has 0 aliphatic carbocycles. The number of hydrogen-bond acceptors (Lipinski definition) is 3. The van der Waals surface area contributed by atoms with E-state index in [0.717, 1.165) is 35.5 Å². The van der Waals surface area contributed by atoms with Crippen LogP contribution < -0.4 is 15.2 Å². The Morgan fingerprint density at radius 2 is 1.71 bits per heavy atom. The number of fused-ring (bicyclic) bond motifs is 1. The highest BCUT2D eigenvalue weighted by atomic mass is 19.1. The van der Waals surface area contributed by atoms with Crippen molar-refractivity contribution < 1.29 is 13.9 Å². The molecule has 21 heavy (non-hydrogen) atoms. The largest absolute Gasteiger partial charge is 0.486 e. The number of benzene rings is 2. The van der Waals surface area contributed by atoms with E-state index in [9.17, 15) is 4.39 Å². The molecule has 3 rings (SSSR count). The van der Waals surface area contributed by atoms with Crippen molar-refractivity contribution in [2.24, 2.45) is 5.73 Å². The van der Waals surface area contributed by atoms with Gasteiger partial charge < -0.3 is 15.2 Å². The van der Waals surface area contributed by atoms with Crippen molar-refractivity contribution in [3.63, 3.8) is 0 Å². The van der Waals surface area contributed by atoms with Gasteiger partial charge in [0.25, 0.3) is 0 Å². The molecule has 1 aliphatic heterocycles. The minimum absolute atomic E-state index is 0.0779. The molecule has 0 radical (unpaired) electrons. The first-order valence-corrected chi connectivity index (χ1v) is 7.12. The van der Waals surface area contributed by atoms with Crippen molar-refractivity contribution in [2.75, 3.05) is 13.2 Å². The topological polar surface area (TPSA) is 44.5 Å². The van der Waals surface area contributed by atoms with E-state index in [4.69, 9.17) is 15.2 Å². The van der Waals surface area contributed by atoms with E-state index < -0.39 is 0 Å². The van der Waals surface area contributed by atoms with Crippen LogP contribution in [0, 0.1) is 5.82 Å². The Labute approximate surface area is 123 Å². The van der Waals surface area contributed by atoms with Gasteiger partial charge in [0.05, 0.1) is 0 Å². The van der Waals surface area contributed by atoms with Gasteiger partial charge in [0.1, 0.15) is 19.0 Å². The molecule has 0 spiro atoms. The Morgan fingerprint density at radius 1 is 1.00 bits per heavy atom. The average Bonchev–Trinajstić information content (AvgIpc) is 2.53. The second-order valence-corrected chi connectivity index (χ2v) is 5.17. The zero-order chi connectivity index (χ0) is 14.7. The molecule has 4 heteroatoms. The summed E-state index contributed by atoms with van der Waals surface area (Å²) in [7, 11) is 0. The van der Waals surface area contributed by atoms with Gasteiger partial charge in [-0.15, -0.1) is 0 Å². The lowest BCUT2D eigenvalue weighted by Gasteiger charge is -2.20. The van der Waals surface area contributed by atoms with Gasteiger partial charge in [-0.3, -0.25) is 0 Å². The maximum atomic E-state index is 12.9. The minimum atomic E-state index is -0.213. The zero-order valence-electron chi connectivity index (χ0n) is 11.7. The highest BCUT2D eigenvalue weighted by Gasteiger charge is 2.14. The summed E-state index contributed by atoms with van der Waals surface area (Å²) in [6.45, 7) is 1.16. The van der Waals surface area contributed by atoms with Crippen LogP contribution in [0.2, 0.25) is 0 Å². The van der Waals surface area contributed by atoms with Crippen LogP contribution in [0.4, 0.5) is 4.39 Å². The Bertz CT molecular complexity index is 613. The summed E-state index contributed by atoms with van der Waals surface area (Å²) in [6.07, 6.45) is 1.61. The SMILES string of the molecule is N[C@@H](CCc1ccc(F)cc1)c1ccc2c(c1)OCCO2. The van der Waals surface area contributed by atoms with Crippen molar-refractivity contribution in [1.82, 2.24) is 0 Å². The van der Waals surface area contributed by atoms with E-state index in [0.29, 0.717) is 13.2 Å². The fourth-order valence-corrected chi connectivity index (χ4v) is 2.43. The van der Waals surface area contributed by atoms with Crippen LogP contribution in [0.15, 0.2) is 42.5 Å². The molecule has 2 N–H and O–H groups in total. The van der Waals surface area contributed by atoms with E-state index in [1.807, 2.05) is 18.2 Å². The molecule has 0 aromatic heterocycles. The summed E-state index contributed by atoms with van der Waals surface area (Å²) in [4.78, 5) is 0. The lowest BCUT2D eigenvalue weighted by atomic mass is 9.99. The molecule has 3 nitrogen and oxygen atoms in total. The third-order valence-electron chi connectivity index (χ3n) is 3.65. The summed E-state index contributed by atoms with van der Waals surface area (Å²) in [6, 6.07) is 12.3. The molecule has 0 saturated carbocycles. The van der Waals surface area contributed by atoms with Crippen LogP contribution >= 0.6 is 0 Å². The molecule has 0 unspecified atom stereocenters. The highest BCUT2D eigenvalue weighted by molar-refractivity contribution is 5.44. The van der Waals surface area contributed by atoms with Crippen molar-refractivity contribution in [3.05, 3.63) is 59.4 Å².